The molecule has 4 heteroatoms. The fourth-order valence-electron chi connectivity index (χ4n) is 0.0781. The summed E-state index contributed by atoms with van der Waals surface area (Å²) in [6.07, 6.45) is 0. The van der Waals surface area contributed by atoms with Gasteiger partial charge in [0.2, 0.25) is 0 Å². The van der Waals surface area contributed by atoms with Gasteiger partial charge in [0.05, 0.1) is 0 Å². The first-order valence-corrected chi connectivity index (χ1v) is 3.10. The van der Waals surface area contributed by atoms with Crippen molar-refractivity contribution in [2.75, 3.05) is 0 Å². The van der Waals surface area contributed by atoms with Crippen molar-refractivity contribution in [3.05, 3.63) is 0 Å². The predicted octanol–water partition coefficient (Wildman–Crippen LogP) is -1.28. The van der Waals surface area contributed by atoms with E-state index in [9.17, 15) is 4.79 Å². The van der Waals surface area contributed by atoms with Gasteiger partial charge in [-0.3, -0.25) is 0 Å². The van der Waals surface area contributed by atoms with Crippen LogP contribution in [0.4, 0.5) is 0 Å². The molecule has 0 aliphatic carbocycles. The third kappa shape index (κ3) is 2.62. The summed E-state index contributed by atoms with van der Waals surface area (Å²) in [6, 6.07) is -0.708. The van der Waals surface area contributed by atoms with Crippen molar-refractivity contribution in [1.29, 1.82) is 0 Å². The first-order valence-electron chi connectivity index (χ1n) is 1.77. The molecule has 0 saturated heterocycles. The Morgan fingerprint density at radius 1 is 2.00 bits per heavy atom. The van der Waals surface area contributed by atoms with Gasteiger partial charge in [-0.2, -0.15) is 0 Å². The Morgan fingerprint density at radius 2 is 2.43 bits per heavy atom. The molecule has 0 heterocycles. The summed E-state index contributed by atoms with van der Waals surface area (Å²) in [5, 5.41) is 8.48. The number of carboxylic acids is 1. The van der Waals surface area contributed by atoms with Crippen LogP contribution in [-0.4, -0.2) is 33.1 Å². The molecule has 42 valence electrons. The van der Waals surface area contributed by atoms with Crippen LogP contribution in [0.3, 0.4) is 0 Å². The van der Waals surface area contributed by atoms with Crippen molar-refractivity contribution >= 4 is 22.0 Å². The molecule has 0 fully saturated rings. The quantitative estimate of drug-likeness (QED) is 0.504. The van der Waals surface area contributed by atoms with E-state index < -0.39 is 12.0 Å². The van der Waals surface area contributed by atoms with Gasteiger partial charge in [-0.05, 0) is 0 Å². The van der Waals surface area contributed by atoms with Gasteiger partial charge in [-0.15, -0.1) is 0 Å². The molecule has 0 aromatic rings. The second kappa shape index (κ2) is 3.02. The molecule has 0 aliphatic rings. The molecule has 0 aliphatic heterocycles. The van der Waals surface area contributed by atoms with Gasteiger partial charge in [0.25, 0.3) is 0 Å². The van der Waals surface area contributed by atoms with Crippen LogP contribution in [0.25, 0.3) is 0 Å². The van der Waals surface area contributed by atoms with Crippen molar-refractivity contribution < 1.29 is 9.90 Å². The summed E-state index contributed by atoms with van der Waals surface area (Å²) >= 11 is 2.13. The number of hydrogen-bond acceptors (Lipinski definition) is 2. The van der Waals surface area contributed by atoms with Crippen LogP contribution in [-0.2, 0) is 4.79 Å². The van der Waals surface area contributed by atoms with E-state index in [2.05, 4.69) is 16.0 Å². The Labute approximate surface area is 49.7 Å². The maximum atomic E-state index is 9.80. The third-order valence-corrected chi connectivity index (χ3v) is 1.34. The van der Waals surface area contributed by atoms with E-state index in [-0.39, 0.29) is 0 Å². The fraction of sp³-hybridized carbons (Fsp3) is 0.667. The third-order valence-electron chi connectivity index (χ3n) is 0.514. The van der Waals surface area contributed by atoms with Crippen LogP contribution in [0, 0.1) is 0 Å². The molecule has 0 radical (unpaired) electrons. The van der Waals surface area contributed by atoms with E-state index in [0.717, 1.165) is 0 Å². The molecule has 0 bridgehead atoms. The molecule has 3 nitrogen and oxygen atoms in total. The van der Waals surface area contributed by atoms with E-state index in [1.54, 1.807) is 0 Å². The predicted molar refractivity (Wildman–Crippen MR) is 27.6 cm³/mol. The number of carbonyl (C=O) groups is 1. The Hall–Kier alpha value is -0.0505. The van der Waals surface area contributed by atoms with Gasteiger partial charge >= 0.3 is 49.0 Å². The monoisotopic (exact) mass is 169 g/mol. The summed E-state index contributed by atoms with van der Waals surface area (Å²) in [6.45, 7) is 0. The summed E-state index contributed by atoms with van der Waals surface area (Å²) in [5.74, 6) is -0.944. The molecule has 0 aromatic heterocycles. The molecule has 0 spiro atoms. The van der Waals surface area contributed by atoms with Crippen molar-refractivity contribution in [3.63, 3.8) is 0 Å². The van der Waals surface area contributed by atoms with Crippen LogP contribution in [0.2, 0.25) is 5.32 Å². The van der Waals surface area contributed by atoms with Crippen molar-refractivity contribution in [1.82, 2.24) is 0 Å². The van der Waals surface area contributed by atoms with E-state index in [0.29, 0.717) is 5.32 Å². The number of rotatable bonds is 2. The first-order chi connectivity index (χ1) is 3.18. The Morgan fingerprint density at radius 3 is 2.43 bits per heavy atom. The van der Waals surface area contributed by atoms with Crippen molar-refractivity contribution in [3.8, 4) is 0 Å². The molecule has 3 N–H and O–H groups in total. The minimum atomic E-state index is -0.944. The van der Waals surface area contributed by atoms with Crippen LogP contribution in [0.5, 0.6) is 0 Å². The average molecular weight is 168 g/mol. The normalized spacial score (nSPS) is 13.4. The molecule has 0 aromatic carbocycles. The van der Waals surface area contributed by atoms with E-state index in [1.165, 1.54) is 0 Å². The molecular weight excluding hydrogens is 161 g/mol. The summed E-state index contributed by atoms with van der Waals surface area (Å²) in [5.41, 5.74) is 5.00. The van der Waals surface area contributed by atoms with E-state index in [1.807, 2.05) is 0 Å². The number of hydrogen-bond donors (Lipinski definition) is 2. The number of aliphatic carboxylic acids is 1. The van der Waals surface area contributed by atoms with Crippen molar-refractivity contribution in [2.45, 2.75) is 11.4 Å². The number of nitrogens with two attached hydrogens (primary N) is 1. The van der Waals surface area contributed by atoms with Gasteiger partial charge in [0.1, 0.15) is 0 Å². The van der Waals surface area contributed by atoms with Gasteiger partial charge in [0, 0.05) is 0 Å². The SMILES string of the molecule is N[C@H](C[SeH])C(=O)O. The average Bonchev–Trinajstić information content (AvgIpc) is 1.65. The molecule has 0 saturated carbocycles. The van der Waals surface area contributed by atoms with Crippen molar-refractivity contribution in [2.24, 2.45) is 5.73 Å². The Balaban J connectivity index is 3.34. The van der Waals surface area contributed by atoms with Crippen LogP contribution >= 0.6 is 0 Å². The Kier molecular flexibility index (Phi) is 3.00. The summed E-state index contributed by atoms with van der Waals surface area (Å²) in [7, 11) is 0. The maximum absolute atomic E-state index is 9.80. The van der Waals surface area contributed by atoms with Crippen LogP contribution in [0.1, 0.15) is 0 Å². The summed E-state index contributed by atoms with van der Waals surface area (Å²) < 4.78 is 0. The second-order valence-corrected chi connectivity index (χ2v) is 1.89. The van der Waals surface area contributed by atoms with Gasteiger partial charge < -0.3 is 0 Å². The van der Waals surface area contributed by atoms with E-state index in [4.69, 9.17) is 10.8 Å². The van der Waals surface area contributed by atoms with Gasteiger partial charge in [-0.1, -0.05) is 0 Å². The summed E-state index contributed by atoms with van der Waals surface area (Å²) in [4.78, 5) is 9.80. The minimum absolute atomic E-state index is 0.433. The molecule has 0 unspecified atom stereocenters. The van der Waals surface area contributed by atoms with E-state index >= 15 is 0 Å². The zero-order valence-electron chi connectivity index (χ0n) is 3.66. The second-order valence-electron chi connectivity index (χ2n) is 1.13. The number of carboxylic acid groups (broad SMARTS) is 1. The standard InChI is InChI=1S/C3H7NO2Se/c4-2(1-7)3(5)6/h2,7H,1,4H2,(H,5,6)/t2-/m1/s1. The molecule has 0 rings (SSSR count). The zero-order valence-corrected chi connectivity index (χ0v) is 5.54. The van der Waals surface area contributed by atoms with Gasteiger partial charge in [0.15, 0.2) is 0 Å². The van der Waals surface area contributed by atoms with Crippen LogP contribution in [0.15, 0.2) is 0 Å². The molecule has 7 heavy (non-hydrogen) atoms. The molecule has 1 atom stereocenters. The fourth-order valence-corrected chi connectivity index (χ4v) is 0.406. The topological polar surface area (TPSA) is 63.3 Å². The first kappa shape index (κ1) is 6.95. The van der Waals surface area contributed by atoms with Gasteiger partial charge in [-0.25, -0.2) is 0 Å². The molecule has 0 amide bonds. The zero-order chi connectivity index (χ0) is 5.86. The van der Waals surface area contributed by atoms with Crippen LogP contribution < -0.4 is 5.73 Å². The Bertz CT molecular complexity index is 75.3. The molecular formula is C3H7NO2Se.